The van der Waals surface area contributed by atoms with Crippen molar-refractivity contribution in [2.75, 3.05) is 0 Å². The lowest BCUT2D eigenvalue weighted by molar-refractivity contribution is 0.460. The highest BCUT2D eigenvalue weighted by molar-refractivity contribution is 9.10. The summed E-state index contributed by atoms with van der Waals surface area (Å²) in [5.41, 5.74) is 0.951. The average Bonchev–Trinajstić information content (AvgIpc) is 2.39. The summed E-state index contributed by atoms with van der Waals surface area (Å²) in [5, 5.41) is 1.05. The van der Waals surface area contributed by atoms with E-state index in [4.69, 9.17) is 4.74 Å². The Balaban J connectivity index is 1.95. The molecule has 1 aromatic carbocycles. The normalized spacial score (nSPS) is 10.5. The van der Waals surface area contributed by atoms with Crippen molar-refractivity contribution >= 4 is 26.8 Å². The van der Waals surface area contributed by atoms with Gasteiger partial charge in [-0.3, -0.25) is 4.98 Å². The van der Waals surface area contributed by atoms with E-state index in [-0.39, 0.29) is 0 Å². The fourth-order valence-corrected chi connectivity index (χ4v) is 2.00. The lowest BCUT2D eigenvalue weighted by Crippen LogP contribution is -1.89. The fraction of sp³-hybridized carbons (Fsp3) is 0. The van der Waals surface area contributed by atoms with E-state index < -0.39 is 0 Å². The van der Waals surface area contributed by atoms with E-state index in [1.54, 1.807) is 12.3 Å². The van der Waals surface area contributed by atoms with Gasteiger partial charge in [0.25, 0.3) is 0 Å². The van der Waals surface area contributed by atoms with Crippen molar-refractivity contribution in [3.05, 3.63) is 59.3 Å². The Labute approximate surface area is 113 Å². The van der Waals surface area contributed by atoms with Crippen LogP contribution in [-0.2, 0) is 0 Å². The Morgan fingerprint density at radius 2 is 1.89 bits per heavy atom. The molecule has 0 spiro atoms. The molecule has 4 heteroatoms. The number of aromatic nitrogens is 2. The molecule has 0 radical (unpaired) electrons. The zero-order valence-electron chi connectivity index (χ0n) is 9.38. The second-order valence-electron chi connectivity index (χ2n) is 3.76. The molecule has 0 N–H and O–H groups in total. The number of fused-ring (bicyclic) bond motifs is 1. The van der Waals surface area contributed by atoms with Crippen molar-refractivity contribution in [3.8, 4) is 11.6 Å². The predicted molar refractivity (Wildman–Crippen MR) is 73.8 cm³/mol. The van der Waals surface area contributed by atoms with Crippen molar-refractivity contribution in [2.24, 2.45) is 0 Å². The predicted octanol–water partition coefficient (Wildman–Crippen LogP) is 4.18. The summed E-state index contributed by atoms with van der Waals surface area (Å²) in [6.45, 7) is 0. The summed E-state index contributed by atoms with van der Waals surface area (Å²) >= 11 is 3.31. The van der Waals surface area contributed by atoms with Gasteiger partial charge < -0.3 is 4.74 Å². The second kappa shape index (κ2) is 4.74. The maximum Gasteiger partial charge on any atom is 0.220 e. The standard InChI is InChI=1S/C14H9BrN2O/c15-13-6-3-7-14(17-13)18-11-8-10-4-1-2-5-12(10)16-9-11/h1-9H. The van der Waals surface area contributed by atoms with E-state index in [1.807, 2.05) is 42.5 Å². The fourth-order valence-electron chi connectivity index (χ4n) is 1.67. The molecule has 3 aromatic rings. The first-order valence-corrected chi connectivity index (χ1v) is 6.26. The zero-order chi connectivity index (χ0) is 12.4. The van der Waals surface area contributed by atoms with Crippen LogP contribution in [0.4, 0.5) is 0 Å². The van der Waals surface area contributed by atoms with E-state index in [0.29, 0.717) is 11.6 Å². The molecule has 0 fully saturated rings. The molecule has 2 aromatic heterocycles. The Morgan fingerprint density at radius 3 is 2.78 bits per heavy atom. The Kier molecular flexibility index (Phi) is 2.94. The molecule has 0 aliphatic carbocycles. The minimum absolute atomic E-state index is 0.543. The zero-order valence-corrected chi connectivity index (χ0v) is 11.0. The molecule has 88 valence electrons. The highest BCUT2D eigenvalue weighted by atomic mass is 79.9. The quantitative estimate of drug-likeness (QED) is 0.666. The van der Waals surface area contributed by atoms with Crippen LogP contribution in [0.5, 0.6) is 11.6 Å². The van der Waals surface area contributed by atoms with Gasteiger partial charge in [-0.2, -0.15) is 0 Å². The summed E-state index contributed by atoms with van der Waals surface area (Å²) < 4.78 is 6.41. The number of hydrogen-bond acceptors (Lipinski definition) is 3. The molecule has 0 saturated carbocycles. The highest BCUT2D eigenvalue weighted by Gasteiger charge is 2.01. The van der Waals surface area contributed by atoms with E-state index in [1.165, 1.54) is 0 Å². The summed E-state index contributed by atoms with van der Waals surface area (Å²) in [6.07, 6.45) is 1.70. The van der Waals surface area contributed by atoms with Crippen molar-refractivity contribution in [2.45, 2.75) is 0 Å². The number of para-hydroxylation sites is 1. The monoisotopic (exact) mass is 300 g/mol. The van der Waals surface area contributed by atoms with Crippen LogP contribution in [0.3, 0.4) is 0 Å². The maximum absolute atomic E-state index is 5.66. The average molecular weight is 301 g/mol. The molecular weight excluding hydrogens is 292 g/mol. The summed E-state index contributed by atoms with van der Waals surface area (Å²) in [5.74, 6) is 1.22. The second-order valence-corrected chi connectivity index (χ2v) is 4.58. The van der Waals surface area contributed by atoms with Gasteiger partial charge in [-0.25, -0.2) is 4.98 Å². The molecular formula is C14H9BrN2O. The van der Waals surface area contributed by atoms with Crippen LogP contribution in [0.15, 0.2) is 59.3 Å². The van der Waals surface area contributed by atoms with Gasteiger partial charge in [-0.05, 0) is 34.1 Å². The van der Waals surface area contributed by atoms with E-state index in [2.05, 4.69) is 25.9 Å². The molecule has 0 amide bonds. The Hall–Kier alpha value is -1.94. The summed E-state index contributed by atoms with van der Waals surface area (Å²) in [6, 6.07) is 15.4. The number of rotatable bonds is 2. The third-order valence-corrected chi connectivity index (χ3v) is 2.92. The summed E-state index contributed by atoms with van der Waals surface area (Å²) in [7, 11) is 0. The van der Waals surface area contributed by atoms with Crippen LogP contribution >= 0.6 is 15.9 Å². The minimum Gasteiger partial charge on any atom is -0.437 e. The van der Waals surface area contributed by atoms with E-state index in [9.17, 15) is 0 Å². The third-order valence-electron chi connectivity index (χ3n) is 2.48. The van der Waals surface area contributed by atoms with Crippen LogP contribution in [0.2, 0.25) is 0 Å². The number of benzene rings is 1. The first-order valence-electron chi connectivity index (χ1n) is 5.46. The van der Waals surface area contributed by atoms with Crippen molar-refractivity contribution in [3.63, 3.8) is 0 Å². The van der Waals surface area contributed by atoms with Gasteiger partial charge in [0.2, 0.25) is 5.88 Å². The number of halogens is 1. The first-order chi connectivity index (χ1) is 8.81. The van der Waals surface area contributed by atoms with Gasteiger partial charge in [-0.15, -0.1) is 0 Å². The van der Waals surface area contributed by atoms with Gasteiger partial charge in [0.15, 0.2) is 0 Å². The smallest absolute Gasteiger partial charge is 0.220 e. The van der Waals surface area contributed by atoms with Crippen LogP contribution in [0.1, 0.15) is 0 Å². The first kappa shape index (κ1) is 11.2. The molecule has 3 rings (SSSR count). The van der Waals surface area contributed by atoms with Crippen LogP contribution in [-0.4, -0.2) is 9.97 Å². The molecule has 3 nitrogen and oxygen atoms in total. The highest BCUT2D eigenvalue weighted by Crippen LogP contribution is 2.23. The largest absolute Gasteiger partial charge is 0.437 e. The minimum atomic E-state index is 0.543. The molecule has 0 unspecified atom stereocenters. The van der Waals surface area contributed by atoms with Crippen molar-refractivity contribution < 1.29 is 4.74 Å². The third kappa shape index (κ3) is 2.33. The van der Waals surface area contributed by atoms with E-state index in [0.717, 1.165) is 15.5 Å². The van der Waals surface area contributed by atoms with Gasteiger partial charge in [0, 0.05) is 11.5 Å². The van der Waals surface area contributed by atoms with Crippen molar-refractivity contribution in [1.82, 2.24) is 9.97 Å². The summed E-state index contributed by atoms with van der Waals surface area (Å²) in [4.78, 5) is 8.55. The molecule has 0 atom stereocenters. The lowest BCUT2D eigenvalue weighted by Gasteiger charge is -2.05. The molecule has 0 bridgehead atoms. The molecule has 2 heterocycles. The van der Waals surface area contributed by atoms with Crippen LogP contribution < -0.4 is 4.74 Å². The Bertz CT molecular complexity index is 700. The molecule has 0 saturated heterocycles. The van der Waals surface area contributed by atoms with Gasteiger partial charge in [0.05, 0.1) is 11.7 Å². The topological polar surface area (TPSA) is 35.0 Å². The number of ether oxygens (including phenoxy) is 1. The SMILES string of the molecule is Brc1cccc(Oc2cnc3ccccc3c2)n1. The van der Waals surface area contributed by atoms with E-state index >= 15 is 0 Å². The van der Waals surface area contributed by atoms with Gasteiger partial charge >= 0.3 is 0 Å². The number of nitrogens with zero attached hydrogens (tertiary/aromatic N) is 2. The number of hydrogen-bond donors (Lipinski definition) is 0. The maximum atomic E-state index is 5.66. The van der Waals surface area contributed by atoms with Crippen LogP contribution in [0, 0.1) is 0 Å². The van der Waals surface area contributed by atoms with Gasteiger partial charge in [-0.1, -0.05) is 24.3 Å². The van der Waals surface area contributed by atoms with Crippen molar-refractivity contribution in [1.29, 1.82) is 0 Å². The van der Waals surface area contributed by atoms with Gasteiger partial charge in [0.1, 0.15) is 10.4 Å². The molecule has 0 aliphatic heterocycles. The molecule has 0 aliphatic rings. The number of pyridine rings is 2. The molecule has 18 heavy (non-hydrogen) atoms. The van der Waals surface area contributed by atoms with Crippen LogP contribution in [0.25, 0.3) is 10.9 Å². The Morgan fingerprint density at radius 1 is 1.00 bits per heavy atom. The lowest BCUT2D eigenvalue weighted by atomic mass is 10.2.